The first-order valence-electron chi connectivity index (χ1n) is 8.61. The summed E-state index contributed by atoms with van der Waals surface area (Å²) in [5.41, 5.74) is 0.146. The molecule has 0 radical (unpaired) electrons. The van der Waals surface area contributed by atoms with Crippen LogP contribution in [0.25, 0.3) is 6.08 Å². The van der Waals surface area contributed by atoms with E-state index in [9.17, 15) is 14.4 Å². The number of amides is 4. The van der Waals surface area contributed by atoms with Crippen molar-refractivity contribution in [2.75, 3.05) is 4.90 Å². The van der Waals surface area contributed by atoms with Crippen LogP contribution >= 0.6 is 39.3 Å². The van der Waals surface area contributed by atoms with Crippen LogP contribution in [0.5, 0.6) is 0 Å². The zero-order valence-corrected chi connectivity index (χ0v) is 18.3. The molecule has 1 aliphatic rings. The van der Waals surface area contributed by atoms with Crippen LogP contribution in [0.1, 0.15) is 5.76 Å². The van der Waals surface area contributed by atoms with Crippen molar-refractivity contribution < 1.29 is 18.8 Å². The number of barbiturate groups is 1. The third-order valence-electron chi connectivity index (χ3n) is 4.11. The van der Waals surface area contributed by atoms with E-state index in [1.54, 1.807) is 48.5 Å². The molecule has 0 unspecified atom stereocenters. The van der Waals surface area contributed by atoms with Crippen LogP contribution in [-0.2, 0) is 9.59 Å². The number of nitrogens with one attached hydrogen (secondary N) is 1. The van der Waals surface area contributed by atoms with Crippen LogP contribution in [0, 0.1) is 0 Å². The van der Waals surface area contributed by atoms with Crippen molar-refractivity contribution in [3.8, 4) is 0 Å². The fourth-order valence-electron chi connectivity index (χ4n) is 2.71. The van der Waals surface area contributed by atoms with Gasteiger partial charge in [0, 0.05) is 14.4 Å². The average Bonchev–Trinajstić information content (AvgIpc) is 3.15. The lowest BCUT2D eigenvalue weighted by Crippen LogP contribution is -2.54. The fraction of sp³-hybridized carbons (Fsp3) is 0. The second-order valence-corrected chi connectivity index (χ2v) is 8.58. The number of nitrogens with zero attached hydrogens (tertiary/aromatic N) is 1. The normalized spacial score (nSPS) is 15.6. The fourth-order valence-corrected chi connectivity index (χ4v) is 3.88. The van der Waals surface area contributed by atoms with E-state index in [2.05, 4.69) is 21.2 Å². The first-order valence-corrected chi connectivity index (χ1v) is 10.6. The summed E-state index contributed by atoms with van der Waals surface area (Å²) in [6, 6.07) is 16.4. The number of hydrogen-bond donors (Lipinski definition) is 1. The zero-order valence-electron chi connectivity index (χ0n) is 15.1. The summed E-state index contributed by atoms with van der Waals surface area (Å²) in [5.74, 6) is -1.19. The van der Waals surface area contributed by atoms with Gasteiger partial charge in [-0.3, -0.25) is 14.9 Å². The van der Waals surface area contributed by atoms with Gasteiger partial charge in [0.1, 0.15) is 11.3 Å². The largest absolute Gasteiger partial charge is 0.450 e. The molecule has 1 fully saturated rings. The summed E-state index contributed by atoms with van der Waals surface area (Å²) in [6.07, 6.45) is 1.32. The maximum atomic E-state index is 12.9. The van der Waals surface area contributed by atoms with Crippen molar-refractivity contribution in [2.45, 2.75) is 9.99 Å². The van der Waals surface area contributed by atoms with Crippen molar-refractivity contribution in [1.29, 1.82) is 0 Å². The molecule has 1 aromatic heterocycles. The summed E-state index contributed by atoms with van der Waals surface area (Å²) < 4.78 is 6.51. The van der Waals surface area contributed by atoms with Gasteiger partial charge in [0.25, 0.3) is 11.8 Å². The number of carbonyl (C=O) groups excluding carboxylic acids is 3. The van der Waals surface area contributed by atoms with Crippen molar-refractivity contribution in [2.24, 2.45) is 0 Å². The Morgan fingerprint density at radius 2 is 1.67 bits per heavy atom. The van der Waals surface area contributed by atoms with E-state index in [0.717, 1.165) is 14.3 Å². The molecule has 0 saturated carbocycles. The number of imide groups is 2. The Balaban J connectivity index is 1.59. The highest BCUT2D eigenvalue weighted by Gasteiger charge is 2.37. The van der Waals surface area contributed by atoms with Crippen molar-refractivity contribution in [3.05, 3.63) is 81.5 Å². The lowest BCUT2D eigenvalue weighted by molar-refractivity contribution is -0.122. The topological polar surface area (TPSA) is 79.6 Å². The van der Waals surface area contributed by atoms with Crippen LogP contribution in [0.3, 0.4) is 0 Å². The third-order valence-corrected chi connectivity index (χ3v) is 5.82. The minimum Gasteiger partial charge on any atom is -0.450 e. The molecule has 1 aliphatic heterocycles. The van der Waals surface area contributed by atoms with E-state index >= 15 is 0 Å². The Kier molecular flexibility index (Phi) is 5.80. The molecule has 3 aromatic rings. The van der Waals surface area contributed by atoms with Gasteiger partial charge in [0.05, 0.1) is 5.69 Å². The molecule has 30 heavy (non-hydrogen) atoms. The van der Waals surface area contributed by atoms with Crippen molar-refractivity contribution >= 4 is 68.9 Å². The molecule has 4 amide bonds. The molecule has 6 nitrogen and oxygen atoms in total. The number of carbonyl (C=O) groups is 3. The molecule has 2 heterocycles. The van der Waals surface area contributed by atoms with Crippen LogP contribution < -0.4 is 10.2 Å². The first kappa shape index (κ1) is 20.5. The van der Waals surface area contributed by atoms with E-state index in [-0.39, 0.29) is 5.57 Å². The van der Waals surface area contributed by atoms with Gasteiger partial charge < -0.3 is 4.42 Å². The van der Waals surface area contributed by atoms with E-state index in [1.807, 2.05) is 12.1 Å². The number of rotatable bonds is 4. The number of urea groups is 1. The van der Waals surface area contributed by atoms with E-state index in [1.165, 1.54) is 17.8 Å². The summed E-state index contributed by atoms with van der Waals surface area (Å²) in [7, 11) is 0. The van der Waals surface area contributed by atoms with E-state index in [0.29, 0.717) is 21.6 Å². The minimum atomic E-state index is -0.803. The van der Waals surface area contributed by atoms with Gasteiger partial charge in [0.2, 0.25) is 0 Å². The molecule has 1 N–H and O–H groups in total. The van der Waals surface area contributed by atoms with Gasteiger partial charge in [-0.25, -0.2) is 9.69 Å². The number of hydrogen-bond acceptors (Lipinski definition) is 5. The predicted molar refractivity (Wildman–Crippen MR) is 117 cm³/mol. The smallest absolute Gasteiger partial charge is 0.335 e. The highest BCUT2D eigenvalue weighted by atomic mass is 79.9. The van der Waals surface area contributed by atoms with Crippen LogP contribution in [0.4, 0.5) is 10.5 Å². The number of halogens is 2. The molecule has 0 aliphatic carbocycles. The Labute approximate surface area is 189 Å². The van der Waals surface area contributed by atoms with Gasteiger partial charge in [-0.15, -0.1) is 0 Å². The summed E-state index contributed by atoms with van der Waals surface area (Å²) in [6.45, 7) is 0. The van der Waals surface area contributed by atoms with Gasteiger partial charge in [-0.05, 0) is 66.7 Å². The molecule has 0 atom stereocenters. The second-order valence-electron chi connectivity index (χ2n) is 6.15. The van der Waals surface area contributed by atoms with E-state index in [4.69, 9.17) is 16.0 Å². The van der Waals surface area contributed by atoms with Crippen molar-refractivity contribution in [1.82, 2.24) is 5.32 Å². The highest BCUT2D eigenvalue weighted by Crippen LogP contribution is 2.31. The molecular weight excluding hydrogens is 492 g/mol. The second kappa shape index (κ2) is 8.51. The number of benzene rings is 2. The molecule has 9 heteroatoms. The summed E-state index contributed by atoms with van der Waals surface area (Å²) >= 11 is 10.6. The van der Waals surface area contributed by atoms with Crippen molar-refractivity contribution in [3.63, 3.8) is 0 Å². The standard InChI is InChI=1S/C21H12BrClN2O4S/c22-12-1-5-14(6-2-12)25-20(27)17(19(26)24-21(25)28)11-15-7-10-18(29-15)30-16-8-3-13(23)4-9-16/h1-11H,(H,24,26,28)/b17-11+. The van der Waals surface area contributed by atoms with Gasteiger partial charge in [0.15, 0.2) is 5.09 Å². The molecule has 4 rings (SSSR count). The molecule has 1 saturated heterocycles. The SMILES string of the molecule is O=C1NC(=O)N(c2ccc(Br)cc2)C(=O)/C1=C/c1ccc(Sc2ccc(Cl)cc2)o1. The lowest BCUT2D eigenvalue weighted by Gasteiger charge is -2.26. The quantitative estimate of drug-likeness (QED) is 0.375. The third kappa shape index (κ3) is 4.35. The maximum absolute atomic E-state index is 12.9. The average molecular weight is 504 g/mol. The molecule has 150 valence electrons. The first-order chi connectivity index (χ1) is 14.4. The maximum Gasteiger partial charge on any atom is 0.335 e. The summed E-state index contributed by atoms with van der Waals surface area (Å²) in [5, 5.41) is 3.40. The Hall–Kier alpha value is -2.81. The molecule has 2 aromatic carbocycles. The minimum absolute atomic E-state index is 0.199. The lowest BCUT2D eigenvalue weighted by atomic mass is 10.1. The Morgan fingerprint density at radius 3 is 2.37 bits per heavy atom. The summed E-state index contributed by atoms with van der Waals surface area (Å²) in [4.78, 5) is 39.2. The van der Waals surface area contributed by atoms with Gasteiger partial charge >= 0.3 is 6.03 Å². The van der Waals surface area contributed by atoms with Crippen LogP contribution in [0.15, 0.2) is 85.1 Å². The molecule has 0 spiro atoms. The highest BCUT2D eigenvalue weighted by molar-refractivity contribution is 9.10. The van der Waals surface area contributed by atoms with Gasteiger partial charge in [-0.1, -0.05) is 39.3 Å². The number of anilines is 1. The van der Waals surface area contributed by atoms with Crippen LogP contribution in [0.2, 0.25) is 5.02 Å². The molecular formula is C21H12BrClN2O4S. The zero-order chi connectivity index (χ0) is 21.3. The van der Waals surface area contributed by atoms with Crippen LogP contribution in [-0.4, -0.2) is 17.8 Å². The van der Waals surface area contributed by atoms with Gasteiger partial charge in [-0.2, -0.15) is 0 Å². The monoisotopic (exact) mass is 502 g/mol. The van der Waals surface area contributed by atoms with E-state index < -0.39 is 17.8 Å². The predicted octanol–water partition coefficient (Wildman–Crippen LogP) is 5.51. The number of furan rings is 1. The Morgan fingerprint density at radius 1 is 0.967 bits per heavy atom. The molecule has 0 bridgehead atoms. The Bertz CT molecular complexity index is 1170.